The minimum atomic E-state index is 0.206. The molecule has 2 nitrogen and oxygen atoms in total. The highest BCUT2D eigenvalue weighted by molar-refractivity contribution is 9.10. The first-order valence-corrected chi connectivity index (χ1v) is 7.96. The molecular formula is C15H18BrNOS. The molecule has 0 amide bonds. The second-order valence-electron chi connectivity index (χ2n) is 4.54. The van der Waals surface area contributed by atoms with Gasteiger partial charge in [-0.25, -0.2) is 0 Å². The highest BCUT2D eigenvalue weighted by Crippen LogP contribution is 2.24. The summed E-state index contributed by atoms with van der Waals surface area (Å²) in [6, 6.07) is 10.5. The van der Waals surface area contributed by atoms with E-state index in [0.29, 0.717) is 0 Å². The average Bonchev–Trinajstić information content (AvgIpc) is 2.82. The summed E-state index contributed by atoms with van der Waals surface area (Å²) < 4.78 is 6.33. The smallest absolute Gasteiger partial charge is 0.118 e. The van der Waals surface area contributed by atoms with E-state index in [2.05, 4.69) is 39.5 Å². The lowest BCUT2D eigenvalue weighted by Gasteiger charge is -2.11. The van der Waals surface area contributed by atoms with Gasteiger partial charge in [-0.2, -0.15) is 0 Å². The predicted molar refractivity (Wildman–Crippen MR) is 85.0 cm³/mol. The van der Waals surface area contributed by atoms with Gasteiger partial charge in [0.25, 0.3) is 0 Å². The van der Waals surface area contributed by atoms with Crippen LogP contribution < -0.4 is 10.5 Å². The van der Waals surface area contributed by atoms with Gasteiger partial charge < -0.3 is 10.5 Å². The maximum absolute atomic E-state index is 6.20. The molecule has 0 saturated heterocycles. The first kappa shape index (κ1) is 14.6. The fourth-order valence-electron chi connectivity index (χ4n) is 1.96. The lowest BCUT2D eigenvalue weighted by molar-refractivity contribution is 0.414. The predicted octanol–water partition coefficient (Wildman–Crippen LogP) is 4.02. The minimum Gasteiger partial charge on any atom is -0.497 e. The van der Waals surface area contributed by atoms with Crippen LogP contribution in [0.3, 0.4) is 0 Å². The SMILES string of the molecule is COc1ccc(CCC(N)Cc2sccc2Br)cc1. The molecule has 2 rings (SSSR count). The van der Waals surface area contributed by atoms with E-state index in [-0.39, 0.29) is 6.04 Å². The van der Waals surface area contributed by atoms with Crippen LogP contribution in [-0.2, 0) is 12.8 Å². The van der Waals surface area contributed by atoms with Crippen LogP contribution in [0, 0.1) is 0 Å². The number of halogens is 1. The summed E-state index contributed by atoms with van der Waals surface area (Å²) in [6.07, 6.45) is 2.94. The van der Waals surface area contributed by atoms with Crippen LogP contribution in [0.2, 0.25) is 0 Å². The number of rotatable bonds is 6. The van der Waals surface area contributed by atoms with Gasteiger partial charge in [0.1, 0.15) is 5.75 Å². The van der Waals surface area contributed by atoms with E-state index in [0.717, 1.165) is 25.0 Å². The minimum absolute atomic E-state index is 0.206. The summed E-state index contributed by atoms with van der Waals surface area (Å²) in [7, 11) is 1.68. The van der Waals surface area contributed by atoms with Crippen LogP contribution >= 0.6 is 27.3 Å². The Balaban J connectivity index is 1.82. The highest BCUT2D eigenvalue weighted by atomic mass is 79.9. The number of thiophene rings is 1. The molecule has 19 heavy (non-hydrogen) atoms. The van der Waals surface area contributed by atoms with Crippen molar-refractivity contribution in [3.8, 4) is 5.75 Å². The zero-order valence-electron chi connectivity index (χ0n) is 10.9. The number of nitrogens with two attached hydrogens (primary N) is 1. The van der Waals surface area contributed by atoms with Crippen molar-refractivity contribution < 1.29 is 4.74 Å². The fraction of sp³-hybridized carbons (Fsp3) is 0.333. The number of methoxy groups -OCH3 is 1. The van der Waals surface area contributed by atoms with Crippen LogP contribution in [0.15, 0.2) is 40.2 Å². The van der Waals surface area contributed by atoms with E-state index in [4.69, 9.17) is 10.5 Å². The monoisotopic (exact) mass is 339 g/mol. The number of benzene rings is 1. The first-order valence-electron chi connectivity index (χ1n) is 6.29. The van der Waals surface area contributed by atoms with E-state index in [1.165, 1.54) is 14.9 Å². The maximum atomic E-state index is 6.20. The number of ether oxygens (including phenoxy) is 1. The van der Waals surface area contributed by atoms with Gasteiger partial charge in [0.2, 0.25) is 0 Å². The highest BCUT2D eigenvalue weighted by Gasteiger charge is 2.08. The maximum Gasteiger partial charge on any atom is 0.118 e. The molecule has 0 aliphatic heterocycles. The second kappa shape index (κ2) is 7.08. The second-order valence-corrected chi connectivity index (χ2v) is 6.40. The summed E-state index contributed by atoms with van der Waals surface area (Å²) in [6.45, 7) is 0. The summed E-state index contributed by atoms with van der Waals surface area (Å²) >= 11 is 5.31. The van der Waals surface area contributed by atoms with Gasteiger partial charge in [0.15, 0.2) is 0 Å². The van der Waals surface area contributed by atoms with Gasteiger partial charge in [-0.15, -0.1) is 11.3 Å². The lowest BCUT2D eigenvalue weighted by atomic mass is 10.0. The van der Waals surface area contributed by atoms with E-state index in [1.807, 2.05) is 12.1 Å². The molecule has 0 radical (unpaired) electrons. The molecule has 0 aliphatic carbocycles. The topological polar surface area (TPSA) is 35.2 Å². The van der Waals surface area contributed by atoms with Crippen LogP contribution in [0.25, 0.3) is 0 Å². The molecule has 0 fully saturated rings. The van der Waals surface area contributed by atoms with Crippen molar-refractivity contribution in [3.05, 3.63) is 50.6 Å². The van der Waals surface area contributed by atoms with Crippen LogP contribution in [0.4, 0.5) is 0 Å². The molecule has 1 atom stereocenters. The zero-order chi connectivity index (χ0) is 13.7. The largest absolute Gasteiger partial charge is 0.497 e. The van der Waals surface area contributed by atoms with Crippen molar-refractivity contribution in [3.63, 3.8) is 0 Å². The zero-order valence-corrected chi connectivity index (χ0v) is 13.3. The van der Waals surface area contributed by atoms with Crippen LogP contribution in [0.1, 0.15) is 16.9 Å². The number of aryl methyl sites for hydroxylation is 1. The van der Waals surface area contributed by atoms with Crippen molar-refractivity contribution in [1.82, 2.24) is 0 Å². The van der Waals surface area contributed by atoms with Gasteiger partial charge in [-0.1, -0.05) is 12.1 Å². The summed E-state index contributed by atoms with van der Waals surface area (Å²) in [5.41, 5.74) is 7.51. The summed E-state index contributed by atoms with van der Waals surface area (Å²) in [4.78, 5) is 1.34. The Bertz CT molecular complexity index is 509. The Kier molecular flexibility index (Phi) is 5.43. The standard InChI is InChI=1S/C15H18BrNOS/c1-18-13-6-3-11(4-7-13)2-5-12(17)10-15-14(16)8-9-19-15/h3-4,6-9,12H,2,5,10,17H2,1H3. The molecule has 2 aromatic rings. The summed E-state index contributed by atoms with van der Waals surface area (Å²) in [5, 5.41) is 2.09. The molecule has 1 heterocycles. The van der Waals surface area contributed by atoms with Crippen LogP contribution in [-0.4, -0.2) is 13.2 Å². The van der Waals surface area contributed by atoms with Gasteiger partial charge >= 0.3 is 0 Å². The summed E-state index contributed by atoms with van der Waals surface area (Å²) in [5.74, 6) is 0.899. The molecule has 1 aromatic heterocycles. The van der Waals surface area contributed by atoms with Crippen molar-refractivity contribution in [2.45, 2.75) is 25.3 Å². The first-order chi connectivity index (χ1) is 9.19. The number of hydrogen-bond donors (Lipinski definition) is 1. The molecule has 0 spiro atoms. The van der Waals surface area contributed by atoms with Gasteiger partial charge in [0, 0.05) is 15.4 Å². The molecular weight excluding hydrogens is 322 g/mol. The van der Waals surface area contributed by atoms with Crippen molar-refractivity contribution in [2.75, 3.05) is 7.11 Å². The average molecular weight is 340 g/mol. The third-order valence-corrected chi connectivity index (χ3v) is 5.05. The Labute approximate surface area is 126 Å². The van der Waals surface area contributed by atoms with Gasteiger partial charge in [-0.05, 0) is 64.3 Å². The molecule has 0 bridgehead atoms. The molecule has 2 N–H and O–H groups in total. The molecule has 0 aliphatic rings. The molecule has 102 valence electrons. The third-order valence-electron chi connectivity index (χ3n) is 3.10. The normalized spacial score (nSPS) is 12.4. The van der Waals surface area contributed by atoms with Crippen molar-refractivity contribution in [2.24, 2.45) is 5.73 Å². The Morgan fingerprint density at radius 1 is 1.26 bits per heavy atom. The van der Waals surface area contributed by atoms with E-state index >= 15 is 0 Å². The Morgan fingerprint density at radius 3 is 2.58 bits per heavy atom. The van der Waals surface area contributed by atoms with Gasteiger partial charge in [0.05, 0.1) is 7.11 Å². The number of hydrogen-bond acceptors (Lipinski definition) is 3. The Hall–Kier alpha value is -0.840. The molecule has 1 unspecified atom stereocenters. The van der Waals surface area contributed by atoms with E-state index in [9.17, 15) is 0 Å². The van der Waals surface area contributed by atoms with Gasteiger partial charge in [-0.3, -0.25) is 0 Å². The molecule has 4 heteroatoms. The van der Waals surface area contributed by atoms with Crippen molar-refractivity contribution >= 4 is 27.3 Å². The lowest BCUT2D eigenvalue weighted by Crippen LogP contribution is -2.23. The quantitative estimate of drug-likeness (QED) is 0.862. The fourth-order valence-corrected chi connectivity index (χ4v) is 3.56. The molecule has 0 saturated carbocycles. The van der Waals surface area contributed by atoms with Crippen LogP contribution in [0.5, 0.6) is 5.75 Å². The van der Waals surface area contributed by atoms with E-state index < -0.39 is 0 Å². The third kappa shape index (κ3) is 4.34. The Morgan fingerprint density at radius 2 is 2.00 bits per heavy atom. The molecule has 1 aromatic carbocycles. The van der Waals surface area contributed by atoms with Crippen molar-refractivity contribution in [1.29, 1.82) is 0 Å². The van der Waals surface area contributed by atoms with E-state index in [1.54, 1.807) is 18.4 Å².